The van der Waals surface area contributed by atoms with E-state index in [9.17, 15) is 14.4 Å². The molecule has 0 rings (SSSR count). The second-order valence-corrected chi connectivity index (χ2v) is 23.1. The van der Waals surface area contributed by atoms with Crippen molar-refractivity contribution in [3.8, 4) is 0 Å². The van der Waals surface area contributed by atoms with Crippen molar-refractivity contribution < 1.29 is 28.6 Å². The number of allylic oxidation sites excluding steroid dienone is 12. The highest BCUT2D eigenvalue weighted by Gasteiger charge is 2.19. The van der Waals surface area contributed by atoms with Crippen molar-refractivity contribution in [2.45, 2.75) is 361 Å². The lowest BCUT2D eigenvalue weighted by Crippen LogP contribution is -2.30. The van der Waals surface area contributed by atoms with Crippen LogP contribution in [0, 0.1) is 0 Å². The lowest BCUT2D eigenvalue weighted by Gasteiger charge is -2.18. The largest absolute Gasteiger partial charge is 0.462 e. The number of hydrogen-bond acceptors (Lipinski definition) is 6. The van der Waals surface area contributed by atoms with Gasteiger partial charge in [-0.2, -0.15) is 0 Å². The van der Waals surface area contributed by atoms with E-state index in [1.54, 1.807) is 0 Å². The molecule has 6 heteroatoms. The van der Waals surface area contributed by atoms with Crippen LogP contribution in [-0.2, 0) is 28.6 Å². The van der Waals surface area contributed by atoms with E-state index >= 15 is 0 Å². The fourth-order valence-electron chi connectivity index (χ4n) is 9.95. The van der Waals surface area contributed by atoms with E-state index in [2.05, 4.69) is 93.7 Å². The Bertz CT molecular complexity index is 1450. The van der Waals surface area contributed by atoms with Crippen LogP contribution < -0.4 is 0 Å². The summed E-state index contributed by atoms with van der Waals surface area (Å²) < 4.78 is 17.0. The molecule has 0 aromatic heterocycles. The lowest BCUT2D eigenvalue weighted by atomic mass is 10.0. The Hall–Kier alpha value is -3.15. The highest BCUT2D eigenvalue weighted by atomic mass is 16.6. The van der Waals surface area contributed by atoms with E-state index in [-0.39, 0.29) is 31.1 Å². The SMILES string of the molecule is CCCCC/C=C\C/C=C\CCCCCCCCCCCC(=O)OCC(COC(=O)CCCCCCCCCCCCC/C=C\C/C=C\CCCCCCC)OC(=O)CCCCCCCCCCC/C=C\C/C=C\CCCCC. The minimum absolute atomic E-state index is 0.0775. The van der Waals surface area contributed by atoms with Crippen molar-refractivity contribution in [3.63, 3.8) is 0 Å². The van der Waals surface area contributed by atoms with E-state index in [1.165, 1.54) is 238 Å². The van der Waals surface area contributed by atoms with Crippen LogP contribution in [0.2, 0.25) is 0 Å². The topological polar surface area (TPSA) is 78.9 Å². The third-order valence-corrected chi connectivity index (χ3v) is 15.2. The molecule has 0 N–H and O–H groups in total. The van der Waals surface area contributed by atoms with Gasteiger partial charge in [-0.3, -0.25) is 14.4 Å². The number of hydrogen-bond donors (Lipinski definition) is 0. The van der Waals surface area contributed by atoms with Crippen molar-refractivity contribution in [1.29, 1.82) is 0 Å². The molecule has 0 heterocycles. The first-order valence-electron chi connectivity index (χ1n) is 34.4. The quantitative estimate of drug-likeness (QED) is 0.0261. The van der Waals surface area contributed by atoms with Crippen LogP contribution in [0.25, 0.3) is 0 Å². The van der Waals surface area contributed by atoms with Crippen molar-refractivity contribution in [1.82, 2.24) is 0 Å². The Morgan fingerprint density at radius 3 is 0.722 bits per heavy atom. The number of unbranched alkanes of at least 4 members (excludes halogenated alkanes) is 40. The fourth-order valence-corrected chi connectivity index (χ4v) is 9.95. The summed E-state index contributed by atoms with van der Waals surface area (Å²) in [5.74, 6) is -0.869. The van der Waals surface area contributed by atoms with Crippen molar-refractivity contribution in [2.24, 2.45) is 0 Å². The van der Waals surface area contributed by atoms with Gasteiger partial charge in [-0.1, -0.05) is 293 Å². The van der Waals surface area contributed by atoms with Crippen molar-refractivity contribution in [2.75, 3.05) is 13.2 Å². The van der Waals surface area contributed by atoms with Gasteiger partial charge in [-0.05, 0) is 116 Å². The first-order chi connectivity index (χ1) is 39.0. The Kier molecular flexibility index (Phi) is 64.7. The maximum absolute atomic E-state index is 13.0. The van der Waals surface area contributed by atoms with Crippen LogP contribution in [0.3, 0.4) is 0 Å². The smallest absolute Gasteiger partial charge is 0.306 e. The molecule has 0 bridgehead atoms. The number of rotatable bonds is 63. The molecule has 1 unspecified atom stereocenters. The average Bonchev–Trinajstić information content (AvgIpc) is 3.45. The zero-order chi connectivity index (χ0) is 57.1. The summed E-state index contributed by atoms with van der Waals surface area (Å²) in [5.41, 5.74) is 0. The summed E-state index contributed by atoms with van der Waals surface area (Å²) in [6.07, 6.45) is 87.6. The third-order valence-electron chi connectivity index (χ3n) is 15.2. The van der Waals surface area contributed by atoms with Gasteiger partial charge in [0.05, 0.1) is 0 Å². The van der Waals surface area contributed by atoms with Crippen LogP contribution in [0.1, 0.15) is 355 Å². The van der Waals surface area contributed by atoms with Gasteiger partial charge in [-0.15, -0.1) is 0 Å². The summed E-state index contributed by atoms with van der Waals surface area (Å²) in [5, 5.41) is 0. The first-order valence-corrected chi connectivity index (χ1v) is 34.4. The number of carbonyl (C=O) groups is 3. The lowest BCUT2D eigenvalue weighted by molar-refractivity contribution is -0.167. The molecule has 458 valence electrons. The predicted octanol–water partition coefficient (Wildman–Crippen LogP) is 23.7. The second-order valence-electron chi connectivity index (χ2n) is 23.1. The molecule has 1 atom stereocenters. The van der Waals surface area contributed by atoms with Crippen LogP contribution in [-0.4, -0.2) is 37.2 Å². The number of esters is 3. The molecule has 0 aliphatic carbocycles. The van der Waals surface area contributed by atoms with Crippen molar-refractivity contribution >= 4 is 17.9 Å². The monoisotopic (exact) mass is 1100 g/mol. The highest BCUT2D eigenvalue weighted by Crippen LogP contribution is 2.17. The number of carbonyl (C=O) groups excluding carboxylic acids is 3. The van der Waals surface area contributed by atoms with Gasteiger partial charge >= 0.3 is 17.9 Å². The maximum atomic E-state index is 13.0. The Morgan fingerprint density at radius 1 is 0.253 bits per heavy atom. The second kappa shape index (κ2) is 67.4. The van der Waals surface area contributed by atoms with Gasteiger partial charge in [0.25, 0.3) is 0 Å². The molecule has 0 aromatic rings. The van der Waals surface area contributed by atoms with Crippen LogP contribution in [0.4, 0.5) is 0 Å². The molecule has 0 spiro atoms. The van der Waals surface area contributed by atoms with Gasteiger partial charge < -0.3 is 14.2 Å². The molecule has 0 aromatic carbocycles. The molecule has 6 nitrogen and oxygen atoms in total. The Labute approximate surface area is 491 Å². The van der Waals surface area contributed by atoms with Gasteiger partial charge in [-0.25, -0.2) is 0 Å². The van der Waals surface area contributed by atoms with Gasteiger partial charge in [0, 0.05) is 19.3 Å². The van der Waals surface area contributed by atoms with E-state index in [4.69, 9.17) is 14.2 Å². The van der Waals surface area contributed by atoms with E-state index < -0.39 is 6.10 Å². The molecular formula is C73H130O6. The molecule has 0 saturated heterocycles. The first kappa shape index (κ1) is 75.8. The Balaban J connectivity index is 4.36. The molecule has 0 aliphatic heterocycles. The zero-order valence-electron chi connectivity index (χ0n) is 52.6. The van der Waals surface area contributed by atoms with Crippen molar-refractivity contribution in [3.05, 3.63) is 72.9 Å². The minimum atomic E-state index is -0.782. The fraction of sp³-hybridized carbons (Fsp3) is 0.795. The molecule has 0 aliphatic rings. The minimum Gasteiger partial charge on any atom is -0.462 e. The average molecular weight is 1100 g/mol. The molecule has 0 saturated carbocycles. The zero-order valence-corrected chi connectivity index (χ0v) is 52.6. The molecule has 0 radical (unpaired) electrons. The molecule has 0 fully saturated rings. The summed E-state index contributed by atoms with van der Waals surface area (Å²) in [6.45, 7) is 6.62. The highest BCUT2D eigenvalue weighted by molar-refractivity contribution is 5.71. The summed E-state index contributed by atoms with van der Waals surface area (Å²) in [4.78, 5) is 38.5. The van der Waals surface area contributed by atoms with E-state index in [0.29, 0.717) is 19.3 Å². The van der Waals surface area contributed by atoms with Crippen LogP contribution in [0.5, 0.6) is 0 Å². The molecular weight excluding hydrogens is 973 g/mol. The summed E-state index contributed by atoms with van der Waals surface area (Å²) in [6, 6.07) is 0. The van der Waals surface area contributed by atoms with Gasteiger partial charge in [0.2, 0.25) is 0 Å². The van der Waals surface area contributed by atoms with Gasteiger partial charge in [0.1, 0.15) is 13.2 Å². The summed E-state index contributed by atoms with van der Waals surface area (Å²) >= 11 is 0. The third kappa shape index (κ3) is 65.5. The maximum Gasteiger partial charge on any atom is 0.306 e. The standard InChI is InChI=1S/C73H130O6/c1-4-7-10-13-16-19-22-25-28-31-34-35-36-37-40-42-45-48-51-54-57-60-63-66-72(75)78-69-70(79-73(76)67-64-61-58-55-52-49-46-43-39-33-30-27-24-21-18-15-12-9-6-3)68-77-71(74)65-62-59-56-53-50-47-44-41-38-32-29-26-23-20-17-14-11-8-5-2/h17-18,20-22,25-27,29-31,34,70H,4-16,19,23-24,28,32-33,35-69H2,1-3H3/b20-17-,21-18-,25-22-,29-26-,30-27-,34-31-. The van der Waals surface area contributed by atoms with Gasteiger partial charge in [0.15, 0.2) is 6.10 Å². The van der Waals surface area contributed by atoms with E-state index in [0.717, 1.165) is 77.0 Å². The van der Waals surface area contributed by atoms with Crippen LogP contribution in [0.15, 0.2) is 72.9 Å². The summed E-state index contributed by atoms with van der Waals surface area (Å²) in [7, 11) is 0. The van der Waals surface area contributed by atoms with Crippen LogP contribution >= 0.6 is 0 Å². The van der Waals surface area contributed by atoms with E-state index in [1.807, 2.05) is 0 Å². The normalized spacial score (nSPS) is 12.5. The number of ether oxygens (including phenoxy) is 3. The molecule has 79 heavy (non-hydrogen) atoms. The Morgan fingerprint density at radius 2 is 0.456 bits per heavy atom. The molecule has 0 amide bonds. The predicted molar refractivity (Wildman–Crippen MR) is 344 cm³/mol.